The van der Waals surface area contributed by atoms with E-state index in [1.165, 1.54) is 29.5 Å². The monoisotopic (exact) mass is 413 g/mol. The van der Waals surface area contributed by atoms with Crippen LogP contribution >= 0.6 is 11.3 Å². The van der Waals surface area contributed by atoms with Crippen LogP contribution in [-0.2, 0) is 19.6 Å². The molecular weight excluding hydrogens is 392 g/mol. The first-order chi connectivity index (χ1) is 14.1. The van der Waals surface area contributed by atoms with Crippen molar-refractivity contribution in [3.05, 3.63) is 87.4 Å². The van der Waals surface area contributed by atoms with Gasteiger partial charge < -0.3 is 5.32 Å². The average Bonchev–Trinajstić information content (AvgIpc) is 3.40. The van der Waals surface area contributed by atoms with Gasteiger partial charge in [0.2, 0.25) is 0 Å². The Hall–Kier alpha value is -2.64. The largest absolute Gasteiger partial charge is 0.348 e. The van der Waals surface area contributed by atoms with Gasteiger partial charge in [-0.15, -0.1) is 11.3 Å². The van der Waals surface area contributed by atoms with Crippen LogP contribution in [0.4, 0.5) is 8.78 Å². The molecule has 0 aliphatic heterocycles. The predicted molar refractivity (Wildman–Crippen MR) is 108 cm³/mol. The number of nitrogens with zero attached hydrogens (tertiary/aromatic N) is 2. The van der Waals surface area contributed by atoms with Crippen molar-refractivity contribution in [1.29, 1.82) is 0 Å². The van der Waals surface area contributed by atoms with E-state index in [1.807, 2.05) is 4.90 Å². The Balaban J connectivity index is 1.49. The Kier molecular flexibility index (Phi) is 5.97. The highest BCUT2D eigenvalue weighted by atomic mass is 32.1. The number of thiazole rings is 1. The third kappa shape index (κ3) is 5.46. The van der Waals surface area contributed by atoms with E-state index in [0.717, 1.165) is 23.4 Å². The molecule has 1 amide bonds. The molecule has 0 radical (unpaired) electrons. The van der Waals surface area contributed by atoms with Crippen molar-refractivity contribution >= 4 is 17.2 Å². The van der Waals surface area contributed by atoms with Crippen molar-refractivity contribution < 1.29 is 13.6 Å². The molecule has 1 saturated carbocycles. The lowest BCUT2D eigenvalue weighted by Crippen LogP contribution is -2.26. The standard InChI is InChI=1S/C22H21F2N3OS/c23-17-7-5-15(6-8-17)11-27(12-16-3-1-2-4-19(16)24)13-21-26-20(14-29-21)22(28)25-18-9-10-18/h1-8,14,18H,9-13H2,(H,25,28). The van der Waals surface area contributed by atoms with Crippen LogP contribution in [0.3, 0.4) is 0 Å². The molecule has 1 aromatic heterocycles. The molecule has 1 aliphatic rings. The van der Waals surface area contributed by atoms with E-state index in [-0.39, 0.29) is 23.6 Å². The fourth-order valence-electron chi connectivity index (χ4n) is 3.05. The van der Waals surface area contributed by atoms with Crippen LogP contribution in [0.25, 0.3) is 0 Å². The average molecular weight is 413 g/mol. The Morgan fingerprint density at radius 2 is 1.83 bits per heavy atom. The highest BCUT2D eigenvalue weighted by Crippen LogP contribution is 2.21. The summed E-state index contributed by atoms with van der Waals surface area (Å²) >= 11 is 1.41. The van der Waals surface area contributed by atoms with Gasteiger partial charge in [-0.05, 0) is 36.6 Å². The number of carbonyl (C=O) groups is 1. The Bertz CT molecular complexity index is 986. The number of hydrogen-bond donors (Lipinski definition) is 1. The third-order valence-electron chi connectivity index (χ3n) is 4.73. The SMILES string of the molecule is O=C(NC1CC1)c1csc(CN(Cc2ccc(F)cc2)Cc2ccccc2F)n1. The van der Waals surface area contributed by atoms with E-state index in [9.17, 15) is 13.6 Å². The summed E-state index contributed by atoms with van der Waals surface area (Å²) in [4.78, 5) is 18.7. The zero-order valence-electron chi connectivity index (χ0n) is 15.8. The second-order valence-electron chi connectivity index (χ2n) is 7.24. The van der Waals surface area contributed by atoms with Crippen LogP contribution in [-0.4, -0.2) is 21.8 Å². The number of halogens is 2. The first kappa shape index (κ1) is 19.7. The molecule has 0 spiro atoms. The molecule has 150 valence electrons. The number of carbonyl (C=O) groups excluding carboxylic acids is 1. The maximum atomic E-state index is 14.2. The molecule has 1 aliphatic carbocycles. The van der Waals surface area contributed by atoms with Crippen LogP contribution in [0, 0.1) is 11.6 Å². The van der Waals surface area contributed by atoms with Crippen molar-refractivity contribution in [3.8, 4) is 0 Å². The molecule has 4 nitrogen and oxygen atoms in total. The minimum Gasteiger partial charge on any atom is -0.348 e. The summed E-state index contributed by atoms with van der Waals surface area (Å²) in [5, 5.41) is 5.47. The summed E-state index contributed by atoms with van der Waals surface area (Å²) in [6.07, 6.45) is 2.05. The van der Waals surface area contributed by atoms with Gasteiger partial charge in [-0.2, -0.15) is 0 Å². The van der Waals surface area contributed by atoms with Gasteiger partial charge in [-0.25, -0.2) is 13.8 Å². The summed E-state index contributed by atoms with van der Waals surface area (Å²) < 4.78 is 27.4. The van der Waals surface area contributed by atoms with Gasteiger partial charge in [0.1, 0.15) is 22.3 Å². The summed E-state index contributed by atoms with van der Waals surface area (Å²) in [5.41, 5.74) is 1.92. The van der Waals surface area contributed by atoms with E-state index >= 15 is 0 Å². The molecule has 0 saturated heterocycles. The van der Waals surface area contributed by atoms with Crippen LogP contribution in [0.15, 0.2) is 53.9 Å². The lowest BCUT2D eigenvalue weighted by atomic mass is 10.1. The van der Waals surface area contributed by atoms with E-state index in [1.54, 1.807) is 35.7 Å². The maximum absolute atomic E-state index is 14.2. The summed E-state index contributed by atoms with van der Waals surface area (Å²) in [6.45, 7) is 1.36. The molecule has 4 rings (SSSR count). The van der Waals surface area contributed by atoms with Crippen molar-refractivity contribution in [1.82, 2.24) is 15.2 Å². The van der Waals surface area contributed by atoms with Crippen LogP contribution in [0.2, 0.25) is 0 Å². The van der Waals surface area contributed by atoms with E-state index < -0.39 is 0 Å². The first-order valence-electron chi connectivity index (χ1n) is 9.52. The third-order valence-corrected chi connectivity index (χ3v) is 5.56. The second-order valence-corrected chi connectivity index (χ2v) is 8.18. The smallest absolute Gasteiger partial charge is 0.270 e. The summed E-state index contributed by atoms with van der Waals surface area (Å²) in [5.74, 6) is -0.699. The van der Waals surface area contributed by atoms with Crippen molar-refractivity contribution in [2.75, 3.05) is 0 Å². The first-order valence-corrected chi connectivity index (χ1v) is 10.4. The quantitative estimate of drug-likeness (QED) is 0.591. The van der Waals surface area contributed by atoms with E-state index in [0.29, 0.717) is 30.9 Å². The molecule has 3 aromatic rings. The van der Waals surface area contributed by atoms with Gasteiger partial charge in [-0.1, -0.05) is 30.3 Å². The highest BCUT2D eigenvalue weighted by molar-refractivity contribution is 7.09. The minimum absolute atomic E-state index is 0.144. The normalized spacial score (nSPS) is 13.6. The summed E-state index contributed by atoms with van der Waals surface area (Å²) in [7, 11) is 0. The fraction of sp³-hybridized carbons (Fsp3) is 0.273. The minimum atomic E-state index is -0.291. The van der Waals surface area contributed by atoms with Gasteiger partial charge in [0.05, 0.1) is 6.54 Å². The zero-order valence-corrected chi connectivity index (χ0v) is 16.6. The molecule has 0 atom stereocenters. The number of nitrogens with one attached hydrogen (secondary N) is 1. The van der Waals surface area contributed by atoms with Gasteiger partial charge in [0.15, 0.2) is 0 Å². The van der Waals surface area contributed by atoms with Gasteiger partial charge in [0.25, 0.3) is 5.91 Å². The number of rotatable bonds is 8. The maximum Gasteiger partial charge on any atom is 0.270 e. The Morgan fingerprint density at radius 3 is 2.55 bits per heavy atom. The molecule has 7 heteroatoms. The molecular formula is C22H21F2N3OS. The van der Waals surface area contributed by atoms with Crippen molar-refractivity contribution in [2.24, 2.45) is 0 Å². The summed E-state index contributed by atoms with van der Waals surface area (Å²) in [6, 6.07) is 13.2. The van der Waals surface area contributed by atoms with E-state index in [4.69, 9.17) is 0 Å². The second kappa shape index (κ2) is 8.80. The molecule has 0 unspecified atom stereocenters. The predicted octanol–water partition coefficient (Wildman–Crippen LogP) is 4.52. The molecule has 29 heavy (non-hydrogen) atoms. The molecule has 2 aromatic carbocycles. The van der Waals surface area contributed by atoms with Crippen LogP contribution in [0.5, 0.6) is 0 Å². The van der Waals surface area contributed by atoms with Crippen LogP contribution < -0.4 is 5.32 Å². The molecule has 1 fully saturated rings. The number of amides is 1. The van der Waals surface area contributed by atoms with Gasteiger partial charge in [0, 0.05) is 30.1 Å². The molecule has 0 bridgehead atoms. The highest BCUT2D eigenvalue weighted by Gasteiger charge is 2.25. The topological polar surface area (TPSA) is 45.2 Å². The number of aromatic nitrogens is 1. The number of benzene rings is 2. The Labute approximate surface area is 172 Å². The van der Waals surface area contributed by atoms with Crippen molar-refractivity contribution in [3.63, 3.8) is 0 Å². The van der Waals surface area contributed by atoms with Gasteiger partial charge >= 0.3 is 0 Å². The Morgan fingerprint density at radius 1 is 1.07 bits per heavy atom. The zero-order chi connectivity index (χ0) is 20.2. The lowest BCUT2D eigenvalue weighted by Gasteiger charge is -2.22. The number of hydrogen-bond acceptors (Lipinski definition) is 4. The van der Waals surface area contributed by atoms with E-state index in [2.05, 4.69) is 10.3 Å². The van der Waals surface area contributed by atoms with Crippen LogP contribution in [0.1, 0.15) is 39.5 Å². The molecule has 1 heterocycles. The molecule has 1 N–H and O–H groups in total. The fourth-order valence-corrected chi connectivity index (χ4v) is 3.86. The lowest BCUT2D eigenvalue weighted by molar-refractivity contribution is 0.0946. The van der Waals surface area contributed by atoms with Gasteiger partial charge in [-0.3, -0.25) is 9.69 Å². The van der Waals surface area contributed by atoms with Crippen molar-refractivity contribution in [2.45, 2.75) is 38.5 Å².